The molecular weight excluding hydrogens is 321 g/mol. The molecule has 0 aromatic heterocycles. The average Bonchev–Trinajstić information content (AvgIpc) is 2.96. The molecular formula is C19H28FN3O2. The van der Waals surface area contributed by atoms with Gasteiger partial charge in [0.15, 0.2) is 0 Å². The number of anilines is 1. The Kier molecular flexibility index (Phi) is 7.22. The van der Waals surface area contributed by atoms with Crippen molar-refractivity contribution in [3.05, 3.63) is 30.1 Å². The van der Waals surface area contributed by atoms with Crippen molar-refractivity contribution in [2.24, 2.45) is 0 Å². The molecule has 0 unspecified atom stereocenters. The van der Waals surface area contributed by atoms with E-state index in [1.165, 1.54) is 12.1 Å². The second kappa shape index (κ2) is 9.39. The Balaban J connectivity index is 1.94. The van der Waals surface area contributed by atoms with Gasteiger partial charge in [-0.1, -0.05) is 26.7 Å². The number of urea groups is 1. The summed E-state index contributed by atoms with van der Waals surface area (Å²) in [5, 5.41) is 2.99. The molecule has 2 rings (SSSR count). The first kappa shape index (κ1) is 19.2. The standard InChI is InChI=1S/C19H28FN3O2/c1-3-5-11-22(12-6-4-2)19(25)21-16-13-18(24)23(14-16)17-9-7-15(20)8-10-17/h7-10,16H,3-6,11-14H2,1-2H3,(H,21,25)/t16-/m1/s1. The number of halogens is 1. The first-order valence-corrected chi connectivity index (χ1v) is 9.16. The third kappa shape index (κ3) is 5.44. The predicted octanol–water partition coefficient (Wildman–Crippen LogP) is 3.54. The minimum atomic E-state index is -0.331. The van der Waals surface area contributed by atoms with Gasteiger partial charge in [-0.2, -0.15) is 0 Å². The summed E-state index contributed by atoms with van der Waals surface area (Å²) in [6.07, 6.45) is 4.30. The van der Waals surface area contributed by atoms with Crippen LogP contribution in [0.3, 0.4) is 0 Å². The number of nitrogens with zero attached hydrogens (tertiary/aromatic N) is 2. The summed E-state index contributed by atoms with van der Waals surface area (Å²) in [4.78, 5) is 28.2. The Bertz CT molecular complexity index is 569. The molecule has 1 saturated heterocycles. The van der Waals surface area contributed by atoms with E-state index >= 15 is 0 Å². The number of carbonyl (C=O) groups is 2. The molecule has 0 spiro atoms. The fourth-order valence-electron chi connectivity index (χ4n) is 2.95. The number of nitrogens with one attached hydrogen (secondary N) is 1. The van der Waals surface area contributed by atoms with Crippen molar-refractivity contribution in [1.29, 1.82) is 0 Å². The summed E-state index contributed by atoms with van der Waals surface area (Å²) in [5.41, 5.74) is 0.664. The van der Waals surface area contributed by atoms with Crippen LogP contribution in [-0.2, 0) is 4.79 Å². The highest BCUT2D eigenvalue weighted by Crippen LogP contribution is 2.22. The normalized spacial score (nSPS) is 17.0. The van der Waals surface area contributed by atoms with Crippen molar-refractivity contribution in [2.45, 2.75) is 52.0 Å². The van der Waals surface area contributed by atoms with E-state index in [4.69, 9.17) is 0 Å². The van der Waals surface area contributed by atoms with E-state index in [0.29, 0.717) is 12.2 Å². The van der Waals surface area contributed by atoms with Gasteiger partial charge < -0.3 is 15.1 Å². The van der Waals surface area contributed by atoms with Gasteiger partial charge in [-0.05, 0) is 37.1 Å². The van der Waals surface area contributed by atoms with Crippen LogP contribution in [-0.4, -0.2) is 42.5 Å². The molecule has 25 heavy (non-hydrogen) atoms. The maximum Gasteiger partial charge on any atom is 0.317 e. The lowest BCUT2D eigenvalue weighted by atomic mass is 10.2. The molecule has 1 fully saturated rings. The van der Waals surface area contributed by atoms with Crippen LogP contribution in [0.15, 0.2) is 24.3 Å². The number of amides is 3. The van der Waals surface area contributed by atoms with Crippen molar-refractivity contribution >= 4 is 17.6 Å². The van der Waals surface area contributed by atoms with Crippen LogP contribution in [0.1, 0.15) is 46.0 Å². The Morgan fingerprint density at radius 2 is 1.80 bits per heavy atom. The van der Waals surface area contributed by atoms with Gasteiger partial charge in [0.2, 0.25) is 5.91 Å². The molecule has 138 valence electrons. The zero-order chi connectivity index (χ0) is 18.2. The van der Waals surface area contributed by atoms with Gasteiger partial charge >= 0.3 is 6.03 Å². The molecule has 0 radical (unpaired) electrons. The van der Waals surface area contributed by atoms with E-state index in [9.17, 15) is 14.0 Å². The highest BCUT2D eigenvalue weighted by Gasteiger charge is 2.32. The largest absolute Gasteiger partial charge is 0.333 e. The number of carbonyl (C=O) groups excluding carboxylic acids is 2. The molecule has 6 heteroatoms. The van der Waals surface area contributed by atoms with Crippen LogP contribution in [0.4, 0.5) is 14.9 Å². The Labute approximate surface area is 149 Å². The van der Waals surface area contributed by atoms with E-state index in [1.54, 1.807) is 17.0 Å². The second-order valence-corrected chi connectivity index (χ2v) is 6.53. The molecule has 1 aliphatic rings. The van der Waals surface area contributed by atoms with E-state index in [1.807, 2.05) is 4.90 Å². The Morgan fingerprint density at radius 3 is 2.36 bits per heavy atom. The van der Waals surface area contributed by atoms with Crippen LogP contribution in [0.25, 0.3) is 0 Å². The zero-order valence-corrected chi connectivity index (χ0v) is 15.1. The molecule has 0 saturated carbocycles. The van der Waals surface area contributed by atoms with Crippen molar-refractivity contribution in [3.8, 4) is 0 Å². The van der Waals surface area contributed by atoms with Crippen molar-refractivity contribution in [1.82, 2.24) is 10.2 Å². The molecule has 0 aliphatic carbocycles. The topological polar surface area (TPSA) is 52.7 Å². The highest BCUT2D eigenvalue weighted by molar-refractivity contribution is 5.96. The van der Waals surface area contributed by atoms with Gasteiger partial charge in [0.05, 0.1) is 6.04 Å². The number of unbranched alkanes of at least 4 members (excludes halogenated alkanes) is 2. The first-order chi connectivity index (χ1) is 12.0. The fourth-order valence-corrected chi connectivity index (χ4v) is 2.95. The molecule has 3 amide bonds. The summed E-state index contributed by atoms with van der Waals surface area (Å²) in [7, 11) is 0. The molecule has 1 aliphatic heterocycles. The minimum Gasteiger partial charge on any atom is -0.333 e. The molecule has 1 N–H and O–H groups in total. The molecule has 1 aromatic carbocycles. The summed E-state index contributed by atoms with van der Waals surface area (Å²) < 4.78 is 13.0. The maximum absolute atomic E-state index is 13.0. The average molecular weight is 349 g/mol. The van der Waals surface area contributed by atoms with Crippen molar-refractivity contribution in [3.63, 3.8) is 0 Å². The van der Waals surface area contributed by atoms with Crippen LogP contribution in [0, 0.1) is 5.82 Å². The lowest BCUT2D eigenvalue weighted by Crippen LogP contribution is -2.46. The molecule has 1 heterocycles. The molecule has 1 atom stereocenters. The van der Waals surface area contributed by atoms with Crippen molar-refractivity contribution < 1.29 is 14.0 Å². The third-order valence-corrected chi connectivity index (χ3v) is 4.44. The first-order valence-electron chi connectivity index (χ1n) is 9.16. The Morgan fingerprint density at radius 1 is 1.20 bits per heavy atom. The molecule has 1 aromatic rings. The summed E-state index contributed by atoms with van der Waals surface area (Å²) in [6, 6.07) is 5.55. The van der Waals surface area contributed by atoms with Crippen LogP contribution >= 0.6 is 0 Å². The lowest BCUT2D eigenvalue weighted by Gasteiger charge is -2.25. The quantitative estimate of drug-likeness (QED) is 0.780. The smallest absolute Gasteiger partial charge is 0.317 e. The highest BCUT2D eigenvalue weighted by atomic mass is 19.1. The molecule has 0 bridgehead atoms. The lowest BCUT2D eigenvalue weighted by molar-refractivity contribution is -0.117. The van der Waals surface area contributed by atoms with E-state index in [2.05, 4.69) is 19.2 Å². The van der Waals surface area contributed by atoms with Gasteiger partial charge in [-0.15, -0.1) is 0 Å². The summed E-state index contributed by atoms with van der Waals surface area (Å²) >= 11 is 0. The number of hydrogen-bond acceptors (Lipinski definition) is 2. The predicted molar refractivity (Wildman–Crippen MR) is 97.1 cm³/mol. The van der Waals surface area contributed by atoms with Gasteiger partial charge in [0, 0.05) is 31.7 Å². The van der Waals surface area contributed by atoms with Crippen LogP contribution in [0.2, 0.25) is 0 Å². The van der Waals surface area contributed by atoms with Crippen molar-refractivity contribution in [2.75, 3.05) is 24.5 Å². The summed E-state index contributed by atoms with van der Waals surface area (Å²) in [5.74, 6) is -0.381. The monoisotopic (exact) mass is 349 g/mol. The molecule has 5 nitrogen and oxygen atoms in total. The van der Waals surface area contributed by atoms with Gasteiger partial charge in [-0.25, -0.2) is 9.18 Å². The second-order valence-electron chi connectivity index (χ2n) is 6.53. The number of benzene rings is 1. The number of hydrogen-bond donors (Lipinski definition) is 1. The number of rotatable bonds is 8. The Hall–Kier alpha value is -2.11. The van der Waals surface area contributed by atoms with Crippen LogP contribution in [0.5, 0.6) is 0 Å². The van der Waals surface area contributed by atoms with E-state index < -0.39 is 0 Å². The van der Waals surface area contributed by atoms with E-state index in [-0.39, 0.29) is 30.2 Å². The van der Waals surface area contributed by atoms with Gasteiger partial charge in [0.25, 0.3) is 0 Å². The zero-order valence-electron chi connectivity index (χ0n) is 15.1. The van der Waals surface area contributed by atoms with E-state index in [0.717, 1.165) is 38.8 Å². The fraction of sp³-hybridized carbons (Fsp3) is 0.579. The summed E-state index contributed by atoms with van der Waals surface area (Å²) in [6.45, 7) is 6.11. The minimum absolute atomic E-state index is 0.0504. The van der Waals surface area contributed by atoms with Crippen LogP contribution < -0.4 is 10.2 Å². The third-order valence-electron chi connectivity index (χ3n) is 4.44. The SMILES string of the molecule is CCCCN(CCCC)C(=O)N[C@@H]1CC(=O)N(c2ccc(F)cc2)C1. The van der Waals surface area contributed by atoms with Gasteiger partial charge in [0.1, 0.15) is 5.82 Å². The van der Waals surface area contributed by atoms with Gasteiger partial charge in [-0.3, -0.25) is 4.79 Å². The maximum atomic E-state index is 13.0.